The van der Waals surface area contributed by atoms with Gasteiger partial charge in [-0.15, -0.1) is 11.8 Å². The minimum absolute atomic E-state index is 0.0384. The monoisotopic (exact) mass is 616 g/mol. The fourth-order valence-corrected chi connectivity index (χ4v) is 7.45. The largest absolute Gasteiger partial charge is 0.508 e. The number of phenols is 2. The number of halogens is 5. The second-order valence-corrected chi connectivity index (χ2v) is 12.8. The Morgan fingerprint density at radius 3 is 2.14 bits per heavy atom. The molecule has 0 saturated carbocycles. The van der Waals surface area contributed by atoms with Crippen molar-refractivity contribution in [3.8, 4) is 11.5 Å². The molecule has 4 nitrogen and oxygen atoms in total. The Labute approximate surface area is 248 Å². The van der Waals surface area contributed by atoms with Gasteiger partial charge in [-0.05, 0) is 72.9 Å². The number of benzene rings is 2. The van der Waals surface area contributed by atoms with Gasteiger partial charge in [0, 0.05) is 28.9 Å². The Morgan fingerprint density at radius 2 is 1.50 bits per heavy atom. The average Bonchev–Trinajstić information content (AvgIpc) is 2.90. The van der Waals surface area contributed by atoms with Crippen LogP contribution in [0.4, 0.5) is 22.0 Å². The van der Waals surface area contributed by atoms with Gasteiger partial charge in [-0.1, -0.05) is 63.6 Å². The van der Waals surface area contributed by atoms with E-state index in [2.05, 4.69) is 6.92 Å². The molecular weight excluding hydrogens is 575 g/mol. The standard InChI is InChI=1S/C32H41F5O4S/c1-30(23-12-14-24(38)15-13-23)21-42-28-20-25(39)16-17-26(28)27(30)11-7-5-3-2-4-6-9-22(19-29(40)41)10-8-18-31(33,34)32(35,36)37/h12-17,20,22,27,38-39H,2-11,18-19,21H2,1H3,(H,40,41)/t22?,27-,30-/m1/s1. The van der Waals surface area contributed by atoms with E-state index in [4.69, 9.17) is 5.11 Å². The molecular formula is C32H41F5O4S. The molecule has 1 heterocycles. The van der Waals surface area contributed by atoms with Crippen molar-refractivity contribution in [2.75, 3.05) is 5.75 Å². The second-order valence-electron chi connectivity index (χ2n) is 11.8. The summed E-state index contributed by atoms with van der Waals surface area (Å²) in [5.41, 5.74) is 2.23. The van der Waals surface area contributed by atoms with Crippen molar-refractivity contribution in [2.24, 2.45) is 5.92 Å². The summed E-state index contributed by atoms with van der Waals surface area (Å²) in [5, 5.41) is 28.9. The molecule has 42 heavy (non-hydrogen) atoms. The van der Waals surface area contributed by atoms with Crippen molar-refractivity contribution in [1.29, 1.82) is 0 Å². The maximum Gasteiger partial charge on any atom is 0.453 e. The number of hydrogen-bond donors (Lipinski definition) is 3. The van der Waals surface area contributed by atoms with E-state index in [1.54, 1.807) is 30.0 Å². The van der Waals surface area contributed by atoms with Crippen molar-refractivity contribution in [1.82, 2.24) is 0 Å². The van der Waals surface area contributed by atoms with Crippen LogP contribution in [-0.4, -0.2) is 39.1 Å². The van der Waals surface area contributed by atoms with E-state index in [-0.39, 0.29) is 42.1 Å². The van der Waals surface area contributed by atoms with Crippen molar-refractivity contribution in [2.45, 2.75) is 112 Å². The van der Waals surface area contributed by atoms with E-state index in [0.29, 0.717) is 12.8 Å². The molecule has 1 aliphatic heterocycles. The van der Waals surface area contributed by atoms with E-state index in [9.17, 15) is 37.0 Å². The predicted octanol–water partition coefficient (Wildman–Crippen LogP) is 9.82. The highest BCUT2D eigenvalue weighted by Gasteiger charge is 2.56. The van der Waals surface area contributed by atoms with Crippen LogP contribution in [-0.2, 0) is 10.2 Å². The lowest BCUT2D eigenvalue weighted by atomic mass is 9.68. The maximum atomic E-state index is 13.2. The SMILES string of the molecule is C[C@]1(c2ccc(O)cc2)CSc2cc(O)ccc2[C@H]1CCCCCCCCC(CCCC(F)(F)C(F)(F)F)CC(=O)O. The van der Waals surface area contributed by atoms with Crippen molar-refractivity contribution < 1.29 is 42.1 Å². The van der Waals surface area contributed by atoms with E-state index in [1.165, 1.54) is 5.56 Å². The number of phenolic OH excluding ortho intramolecular Hbond substituents is 2. The molecule has 234 valence electrons. The van der Waals surface area contributed by atoms with Gasteiger partial charge in [0.25, 0.3) is 0 Å². The van der Waals surface area contributed by atoms with Gasteiger partial charge in [-0.25, -0.2) is 0 Å². The summed E-state index contributed by atoms with van der Waals surface area (Å²) in [6, 6.07) is 13.0. The number of carbonyl (C=O) groups is 1. The van der Waals surface area contributed by atoms with Crippen LogP contribution >= 0.6 is 11.8 Å². The Hall–Kier alpha value is -2.49. The van der Waals surface area contributed by atoms with E-state index in [1.807, 2.05) is 24.3 Å². The number of carboxylic acid groups (broad SMARTS) is 1. The van der Waals surface area contributed by atoms with Crippen LogP contribution in [0.1, 0.15) is 101 Å². The smallest absolute Gasteiger partial charge is 0.453 e. The summed E-state index contributed by atoms with van der Waals surface area (Å²) < 4.78 is 63.6. The summed E-state index contributed by atoms with van der Waals surface area (Å²) in [4.78, 5) is 12.3. The minimum atomic E-state index is -5.58. The van der Waals surface area contributed by atoms with Crippen LogP contribution in [0.15, 0.2) is 47.4 Å². The minimum Gasteiger partial charge on any atom is -0.508 e. The molecule has 1 aliphatic rings. The highest BCUT2D eigenvalue weighted by atomic mass is 32.2. The lowest BCUT2D eigenvalue weighted by Gasteiger charge is -2.43. The number of fused-ring (bicyclic) bond motifs is 1. The average molecular weight is 617 g/mol. The third kappa shape index (κ3) is 9.25. The summed E-state index contributed by atoms with van der Waals surface area (Å²) in [6.07, 6.45) is -0.503. The number of aromatic hydroxyl groups is 2. The van der Waals surface area contributed by atoms with Crippen molar-refractivity contribution in [3.05, 3.63) is 53.6 Å². The van der Waals surface area contributed by atoms with Gasteiger partial charge >= 0.3 is 18.1 Å². The normalized spacial score (nSPS) is 19.8. The zero-order valence-electron chi connectivity index (χ0n) is 23.9. The second kappa shape index (κ2) is 14.8. The van der Waals surface area contributed by atoms with Gasteiger partial charge in [-0.3, -0.25) is 4.79 Å². The third-order valence-electron chi connectivity index (χ3n) is 8.53. The fourth-order valence-electron chi connectivity index (χ4n) is 6.05. The van der Waals surface area contributed by atoms with Gasteiger partial charge in [0.15, 0.2) is 0 Å². The molecule has 3 N–H and O–H groups in total. The number of hydrogen-bond acceptors (Lipinski definition) is 4. The first-order valence-electron chi connectivity index (χ1n) is 14.6. The Kier molecular flexibility index (Phi) is 12.0. The van der Waals surface area contributed by atoms with Crippen LogP contribution in [0.2, 0.25) is 0 Å². The van der Waals surface area contributed by atoms with Crippen LogP contribution in [0.5, 0.6) is 11.5 Å². The predicted molar refractivity (Wildman–Crippen MR) is 155 cm³/mol. The highest BCUT2D eigenvalue weighted by Crippen LogP contribution is 2.52. The van der Waals surface area contributed by atoms with Crippen LogP contribution in [0.25, 0.3) is 0 Å². The molecule has 0 aromatic heterocycles. The van der Waals surface area contributed by atoms with Crippen LogP contribution in [0.3, 0.4) is 0 Å². The number of rotatable bonds is 16. The van der Waals surface area contributed by atoms with Crippen LogP contribution < -0.4 is 0 Å². The number of alkyl halides is 5. The molecule has 1 unspecified atom stereocenters. The zero-order valence-corrected chi connectivity index (χ0v) is 24.8. The lowest BCUT2D eigenvalue weighted by molar-refractivity contribution is -0.284. The Morgan fingerprint density at radius 1 is 0.905 bits per heavy atom. The Bertz CT molecular complexity index is 1150. The molecule has 0 radical (unpaired) electrons. The topological polar surface area (TPSA) is 77.8 Å². The molecule has 0 amide bonds. The van der Waals surface area contributed by atoms with Gasteiger partial charge in [0.1, 0.15) is 11.5 Å². The van der Waals surface area contributed by atoms with Gasteiger partial charge in [-0.2, -0.15) is 22.0 Å². The molecule has 3 atom stereocenters. The molecule has 0 saturated heterocycles. The molecule has 0 fully saturated rings. The molecule has 0 aliphatic carbocycles. The van der Waals surface area contributed by atoms with E-state index < -0.39 is 30.4 Å². The van der Waals surface area contributed by atoms with E-state index in [0.717, 1.165) is 54.7 Å². The van der Waals surface area contributed by atoms with E-state index >= 15 is 0 Å². The third-order valence-corrected chi connectivity index (χ3v) is 9.94. The van der Waals surface area contributed by atoms with Crippen LogP contribution in [0, 0.1) is 5.92 Å². The molecule has 3 rings (SSSR count). The first-order chi connectivity index (χ1) is 19.7. The van der Waals surface area contributed by atoms with Gasteiger partial charge in [0.05, 0.1) is 0 Å². The quantitative estimate of drug-likeness (QED) is 0.129. The lowest BCUT2D eigenvalue weighted by Crippen LogP contribution is -2.36. The summed E-state index contributed by atoms with van der Waals surface area (Å²) in [5.74, 6) is -4.66. The molecule has 0 spiro atoms. The van der Waals surface area contributed by atoms with Crippen molar-refractivity contribution in [3.63, 3.8) is 0 Å². The highest BCUT2D eigenvalue weighted by molar-refractivity contribution is 7.99. The zero-order chi connectivity index (χ0) is 31.0. The van der Waals surface area contributed by atoms with Crippen molar-refractivity contribution >= 4 is 17.7 Å². The Balaban J connectivity index is 1.46. The molecule has 0 bridgehead atoms. The number of aliphatic carboxylic acids is 1. The number of carboxylic acids is 1. The first-order valence-corrected chi connectivity index (χ1v) is 15.6. The summed E-state index contributed by atoms with van der Waals surface area (Å²) in [7, 11) is 0. The number of thioether (sulfide) groups is 1. The summed E-state index contributed by atoms with van der Waals surface area (Å²) >= 11 is 1.73. The summed E-state index contributed by atoms with van der Waals surface area (Å²) in [6.45, 7) is 2.25. The van der Waals surface area contributed by atoms with Gasteiger partial charge < -0.3 is 15.3 Å². The fraction of sp³-hybridized carbons (Fsp3) is 0.594. The molecule has 10 heteroatoms. The first kappa shape index (κ1) is 34.0. The number of unbranched alkanes of at least 4 members (excludes halogenated alkanes) is 5. The van der Waals surface area contributed by atoms with Gasteiger partial charge in [0.2, 0.25) is 0 Å². The molecule has 2 aromatic rings. The molecule has 2 aromatic carbocycles. The maximum absolute atomic E-state index is 13.2.